The molecular weight excluding hydrogens is 1000 g/mol. The molecule has 0 aliphatic heterocycles. The summed E-state index contributed by atoms with van der Waals surface area (Å²) in [5, 5.41) is 3.43. The van der Waals surface area contributed by atoms with Crippen LogP contribution in [0.15, 0.2) is 181 Å². The van der Waals surface area contributed by atoms with Crippen LogP contribution in [0.2, 0.25) is 19.6 Å². The first-order chi connectivity index (χ1) is 31.2. The van der Waals surface area contributed by atoms with Gasteiger partial charge >= 0.3 is 0 Å². The van der Waals surface area contributed by atoms with E-state index in [9.17, 15) is 8.78 Å². The van der Waals surface area contributed by atoms with E-state index in [1.807, 2.05) is 97.5 Å². The quantitative estimate of drug-likeness (QED) is 0.149. The number of aromatic nitrogens is 3. The zero-order valence-corrected chi connectivity index (χ0v) is 40.5. The van der Waals surface area contributed by atoms with E-state index >= 15 is 0 Å². The molecule has 3 aliphatic rings. The summed E-state index contributed by atoms with van der Waals surface area (Å²) >= 11 is 0. The first-order valence-corrected chi connectivity index (χ1v) is 26.0. The van der Waals surface area contributed by atoms with Crippen LogP contribution in [0.4, 0.5) is 8.78 Å². The fourth-order valence-corrected chi connectivity index (χ4v) is 10.5. The van der Waals surface area contributed by atoms with E-state index < -0.39 is 19.7 Å². The largest absolute Gasteiger partial charge is 0.455 e. The van der Waals surface area contributed by atoms with Crippen molar-refractivity contribution in [2.45, 2.75) is 58.2 Å². The summed E-state index contributed by atoms with van der Waals surface area (Å²) in [4.78, 5) is 13.5. The Morgan fingerprint density at radius 2 is 1.23 bits per heavy atom. The van der Waals surface area contributed by atoms with Crippen molar-refractivity contribution in [2.24, 2.45) is 17.8 Å². The minimum atomic E-state index is -1.22. The van der Waals surface area contributed by atoms with Gasteiger partial charge in [0.25, 0.3) is 0 Å². The molecule has 3 aliphatic carbocycles. The minimum absolute atomic E-state index is 0. The molecule has 4 heterocycles. The van der Waals surface area contributed by atoms with E-state index in [0.717, 1.165) is 80.4 Å². The Balaban J connectivity index is 0.000000163. The summed E-state index contributed by atoms with van der Waals surface area (Å²) in [6, 6.07) is 51.1. The molecule has 0 spiro atoms. The van der Waals surface area contributed by atoms with Crippen molar-refractivity contribution in [1.29, 1.82) is 0 Å². The number of nitrogens with zero attached hydrogens (tertiary/aromatic N) is 3. The van der Waals surface area contributed by atoms with Crippen molar-refractivity contribution >= 4 is 35.2 Å². The number of hydrogen-bond acceptors (Lipinski definition) is 4. The Kier molecular flexibility index (Phi) is 14.4. The minimum Gasteiger partial charge on any atom is -0.455 e. The third kappa shape index (κ3) is 10.8. The van der Waals surface area contributed by atoms with Gasteiger partial charge in [-0.1, -0.05) is 130 Å². The summed E-state index contributed by atoms with van der Waals surface area (Å²) in [5.74, 6) is 0.908. The van der Waals surface area contributed by atoms with Gasteiger partial charge in [-0.05, 0) is 126 Å². The molecule has 3 saturated carbocycles. The number of benzene rings is 5. The van der Waals surface area contributed by atoms with Gasteiger partial charge < -0.3 is 4.42 Å². The van der Waals surface area contributed by atoms with Gasteiger partial charge in [0.2, 0.25) is 0 Å². The molecule has 4 nitrogen and oxygen atoms in total. The second kappa shape index (κ2) is 20.5. The second-order valence-electron chi connectivity index (χ2n) is 18.3. The molecule has 0 amide bonds. The van der Waals surface area contributed by atoms with E-state index in [2.05, 4.69) is 90.3 Å². The zero-order valence-electron chi connectivity index (χ0n) is 37.1. The number of rotatable bonds is 7. The number of pyridine rings is 3. The normalized spacial score (nSPS) is 16.5. The van der Waals surface area contributed by atoms with Crippen molar-refractivity contribution in [2.75, 3.05) is 0 Å². The van der Waals surface area contributed by atoms with Crippen molar-refractivity contribution < 1.29 is 33.3 Å². The third-order valence-electron chi connectivity index (χ3n) is 13.0. The van der Waals surface area contributed by atoms with Crippen molar-refractivity contribution in [3.8, 4) is 44.9 Å². The van der Waals surface area contributed by atoms with Crippen LogP contribution in [0.3, 0.4) is 0 Å². The smallest absolute Gasteiger partial charge is 0.159 e. The van der Waals surface area contributed by atoms with Gasteiger partial charge in [-0.3, -0.25) is 15.0 Å². The van der Waals surface area contributed by atoms with Crippen LogP contribution in [0.1, 0.15) is 37.7 Å². The fraction of sp³-hybridized carbons (Fsp3) is 0.211. The summed E-state index contributed by atoms with van der Waals surface area (Å²) in [6.45, 7) is 7.02. The van der Waals surface area contributed by atoms with Crippen LogP contribution in [-0.4, -0.2) is 23.0 Å². The van der Waals surface area contributed by atoms with E-state index in [-0.39, 0.29) is 20.1 Å². The van der Waals surface area contributed by atoms with Crippen molar-refractivity contribution in [1.82, 2.24) is 15.0 Å². The van der Waals surface area contributed by atoms with Crippen molar-refractivity contribution in [3.05, 3.63) is 194 Å². The number of halogens is 2. The Bertz CT molecular complexity index is 2930. The van der Waals surface area contributed by atoms with Gasteiger partial charge in [-0.2, -0.15) is 0 Å². The molecule has 0 saturated heterocycles. The first-order valence-electron chi connectivity index (χ1n) is 22.5. The molecule has 3 fully saturated rings. The Morgan fingerprint density at radius 3 is 1.86 bits per heavy atom. The average Bonchev–Trinajstić information content (AvgIpc) is 3.72. The van der Waals surface area contributed by atoms with Gasteiger partial charge in [0.05, 0.1) is 25.2 Å². The van der Waals surface area contributed by atoms with E-state index in [1.54, 1.807) is 6.07 Å². The third-order valence-corrected chi connectivity index (χ3v) is 15.0. The van der Waals surface area contributed by atoms with Gasteiger partial charge in [0, 0.05) is 66.2 Å². The number of fused-ring (bicyclic) bond motifs is 6. The predicted molar refractivity (Wildman–Crippen MR) is 262 cm³/mol. The molecule has 0 N–H and O–H groups in total. The zero-order chi connectivity index (χ0) is 44.0. The van der Waals surface area contributed by atoms with Crippen LogP contribution in [-0.2, 0) is 26.5 Å². The molecular formula is C57H53F2IrN3OSi. The SMILES string of the molecule is C[Si](C)(C)c1ccc(-c2ccccc2)nc1.Fc1ccc(-c2ccc3c(c2)oc2c(-c4cc(CC5CC6CCC5CC6)ccn4)cccc23)cc1F.[Ir].c1ccc(-c2ccccn2)cc1. The van der Waals surface area contributed by atoms with Crippen LogP contribution < -0.4 is 5.19 Å². The molecule has 8 heteroatoms. The topological polar surface area (TPSA) is 51.8 Å². The van der Waals surface area contributed by atoms with E-state index in [0.29, 0.717) is 11.1 Å². The molecule has 1 radical (unpaired) electrons. The number of para-hydroxylation sites is 1. The maximum absolute atomic E-state index is 13.8. The fourth-order valence-electron chi connectivity index (χ4n) is 9.43. The molecule has 5 aromatic carbocycles. The van der Waals surface area contributed by atoms with E-state index in [1.165, 1.54) is 54.5 Å². The molecule has 329 valence electrons. The molecule has 1 atom stereocenters. The maximum Gasteiger partial charge on any atom is 0.159 e. The van der Waals surface area contributed by atoms with Crippen LogP contribution in [0.5, 0.6) is 0 Å². The standard InChI is InChI=1S/C32H27F2NO.C14H17NSi.C11H9N.Ir/c33-28-11-9-22(17-29(28)34)23-8-10-25-26-2-1-3-27(32(26)36-31(25)18-23)30-16-20(12-13-35-30)15-24-14-19-4-6-21(24)7-5-19;1-16(2,3)13-9-10-14(15-11-13)12-7-5-4-6-8-12;1-2-6-10(7-3-1)11-8-4-5-9-12-11;/h1-3,8-13,16-19,21,24H,4-7,14-15H2;4-11H,1-3H3;1-9H;. The van der Waals surface area contributed by atoms with Gasteiger partial charge in [-0.25, -0.2) is 8.78 Å². The summed E-state index contributed by atoms with van der Waals surface area (Å²) in [6.07, 6.45) is 13.9. The predicted octanol–water partition coefficient (Wildman–Crippen LogP) is 15.0. The van der Waals surface area contributed by atoms with E-state index in [4.69, 9.17) is 9.40 Å². The summed E-state index contributed by atoms with van der Waals surface area (Å²) in [5.41, 5.74) is 10.6. The molecule has 1 unspecified atom stereocenters. The van der Waals surface area contributed by atoms with Crippen LogP contribution >= 0.6 is 0 Å². The van der Waals surface area contributed by atoms with Gasteiger partial charge in [0.15, 0.2) is 11.6 Å². The summed E-state index contributed by atoms with van der Waals surface area (Å²) in [7, 11) is -1.22. The second-order valence-corrected chi connectivity index (χ2v) is 23.4. The molecule has 12 rings (SSSR count). The summed E-state index contributed by atoms with van der Waals surface area (Å²) < 4.78 is 33.6. The van der Waals surface area contributed by atoms with Crippen LogP contribution in [0, 0.1) is 29.4 Å². The number of hydrogen-bond donors (Lipinski definition) is 0. The molecule has 9 aromatic rings. The van der Waals surface area contributed by atoms with Crippen molar-refractivity contribution in [3.63, 3.8) is 0 Å². The van der Waals surface area contributed by atoms with Gasteiger partial charge in [0.1, 0.15) is 11.2 Å². The Morgan fingerprint density at radius 1 is 0.554 bits per heavy atom. The molecule has 2 bridgehead atoms. The first kappa shape index (κ1) is 45.6. The number of furan rings is 1. The molecule has 4 aromatic heterocycles. The van der Waals surface area contributed by atoms with Gasteiger partial charge in [-0.15, -0.1) is 0 Å². The molecule has 65 heavy (non-hydrogen) atoms. The Hall–Kier alpha value is -5.92. The van der Waals surface area contributed by atoms with Crippen LogP contribution in [0.25, 0.3) is 66.8 Å². The monoisotopic (exact) mass is 1050 g/mol. The Labute approximate surface area is 395 Å². The average molecular weight is 1050 g/mol. The maximum atomic E-state index is 13.8.